The maximum atomic E-state index is 5.74. The van der Waals surface area contributed by atoms with Crippen molar-refractivity contribution < 1.29 is 0 Å². The zero-order chi connectivity index (χ0) is 12.4. The van der Waals surface area contributed by atoms with Crippen molar-refractivity contribution in [3.05, 3.63) is 29.3 Å². The molecule has 2 nitrogen and oxygen atoms in total. The van der Waals surface area contributed by atoms with Gasteiger partial charge < -0.3 is 10.6 Å². The normalized spacial score (nSPS) is 20.2. The van der Waals surface area contributed by atoms with E-state index in [9.17, 15) is 0 Å². The van der Waals surface area contributed by atoms with E-state index >= 15 is 0 Å². The number of hydrogen-bond donors (Lipinski definition) is 1. The van der Waals surface area contributed by atoms with E-state index in [2.05, 4.69) is 23.1 Å². The molecule has 1 aromatic carbocycles. The SMILES string of the molecule is NCc1ccc2c(c1)CCCN2CC1CCCC1. The van der Waals surface area contributed by atoms with Crippen LogP contribution in [0, 0.1) is 5.92 Å². The monoisotopic (exact) mass is 244 g/mol. The summed E-state index contributed by atoms with van der Waals surface area (Å²) in [6.45, 7) is 3.18. The van der Waals surface area contributed by atoms with Crippen molar-refractivity contribution in [2.75, 3.05) is 18.0 Å². The fraction of sp³-hybridized carbons (Fsp3) is 0.625. The first-order chi connectivity index (χ1) is 8.86. The van der Waals surface area contributed by atoms with Crippen molar-refractivity contribution in [2.45, 2.75) is 45.1 Å². The van der Waals surface area contributed by atoms with Crippen LogP contribution in [0.15, 0.2) is 18.2 Å². The molecule has 1 fully saturated rings. The van der Waals surface area contributed by atoms with Gasteiger partial charge in [-0.1, -0.05) is 25.0 Å². The molecule has 1 saturated carbocycles. The third-order valence-corrected chi connectivity index (χ3v) is 4.55. The van der Waals surface area contributed by atoms with Gasteiger partial charge in [0, 0.05) is 25.3 Å². The summed E-state index contributed by atoms with van der Waals surface area (Å²) in [6, 6.07) is 6.81. The van der Waals surface area contributed by atoms with Gasteiger partial charge in [-0.05, 0) is 48.8 Å². The summed E-state index contributed by atoms with van der Waals surface area (Å²) < 4.78 is 0. The molecule has 0 spiro atoms. The third-order valence-electron chi connectivity index (χ3n) is 4.55. The largest absolute Gasteiger partial charge is 0.371 e. The lowest BCUT2D eigenvalue weighted by Crippen LogP contribution is -2.33. The Morgan fingerprint density at radius 2 is 2.00 bits per heavy atom. The summed E-state index contributed by atoms with van der Waals surface area (Å²) in [5, 5.41) is 0. The zero-order valence-corrected chi connectivity index (χ0v) is 11.2. The van der Waals surface area contributed by atoms with Crippen LogP contribution in [-0.2, 0) is 13.0 Å². The summed E-state index contributed by atoms with van der Waals surface area (Å²) in [6.07, 6.45) is 8.28. The molecular weight excluding hydrogens is 220 g/mol. The Hall–Kier alpha value is -1.02. The second-order valence-corrected chi connectivity index (χ2v) is 5.87. The van der Waals surface area contributed by atoms with Gasteiger partial charge in [0.25, 0.3) is 0 Å². The number of aryl methyl sites for hydroxylation is 1. The Morgan fingerprint density at radius 3 is 2.78 bits per heavy atom. The molecule has 2 heteroatoms. The minimum Gasteiger partial charge on any atom is -0.371 e. The van der Waals surface area contributed by atoms with E-state index in [0.717, 1.165) is 5.92 Å². The number of fused-ring (bicyclic) bond motifs is 1. The van der Waals surface area contributed by atoms with Crippen molar-refractivity contribution in [2.24, 2.45) is 11.7 Å². The molecule has 0 radical (unpaired) electrons. The van der Waals surface area contributed by atoms with Gasteiger partial charge in [-0.3, -0.25) is 0 Å². The Balaban J connectivity index is 1.78. The fourth-order valence-corrected chi connectivity index (χ4v) is 3.55. The highest BCUT2D eigenvalue weighted by atomic mass is 15.1. The zero-order valence-electron chi connectivity index (χ0n) is 11.2. The van der Waals surface area contributed by atoms with Gasteiger partial charge in [-0.2, -0.15) is 0 Å². The lowest BCUT2D eigenvalue weighted by molar-refractivity contribution is 0.519. The van der Waals surface area contributed by atoms with Gasteiger partial charge >= 0.3 is 0 Å². The molecule has 3 rings (SSSR count). The molecule has 18 heavy (non-hydrogen) atoms. The number of anilines is 1. The van der Waals surface area contributed by atoms with Gasteiger partial charge in [-0.25, -0.2) is 0 Å². The maximum absolute atomic E-state index is 5.74. The first-order valence-electron chi connectivity index (χ1n) is 7.43. The molecule has 0 aromatic heterocycles. The predicted molar refractivity (Wildman–Crippen MR) is 76.8 cm³/mol. The van der Waals surface area contributed by atoms with Gasteiger partial charge in [0.1, 0.15) is 0 Å². The number of rotatable bonds is 3. The molecule has 2 aliphatic rings. The highest BCUT2D eigenvalue weighted by molar-refractivity contribution is 5.56. The van der Waals surface area contributed by atoms with E-state index in [-0.39, 0.29) is 0 Å². The predicted octanol–water partition coefficient (Wildman–Crippen LogP) is 3.09. The minimum atomic E-state index is 0.663. The van der Waals surface area contributed by atoms with E-state index in [1.165, 1.54) is 68.4 Å². The second kappa shape index (κ2) is 5.31. The summed E-state index contributed by atoms with van der Waals surface area (Å²) in [4.78, 5) is 2.62. The van der Waals surface area contributed by atoms with Crippen LogP contribution in [0.3, 0.4) is 0 Å². The van der Waals surface area contributed by atoms with Gasteiger partial charge in [0.05, 0.1) is 0 Å². The summed E-state index contributed by atoms with van der Waals surface area (Å²) in [7, 11) is 0. The molecular formula is C16H24N2. The third kappa shape index (κ3) is 2.39. The fourth-order valence-electron chi connectivity index (χ4n) is 3.55. The van der Waals surface area contributed by atoms with Crippen LogP contribution in [0.25, 0.3) is 0 Å². The van der Waals surface area contributed by atoms with Crippen molar-refractivity contribution in [3.63, 3.8) is 0 Å². The Bertz CT molecular complexity index is 408. The Labute approximate surface area is 110 Å². The van der Waals surface area contributed by atoms with Gasteiger partial charge in [0.2, 0.25) is 0 Å². The van der Waals surface area contributed by atoms with E-state index in [4.69, 9.17) is 5.73 Å². The highest BCUT2D eigenvalue weighted by Gasteiger charge is 2.22. The molecule has 0 saturated heterocycles. The quantitative estimate of drug-likeness (QED) is 0.885. The molecule has 0 bridgehead atoms. The first-order valence-corrected chi connectivity index (χ1v) is 7.43. The van der Waals surface area contributed by atoms with Crippen LogP contribution in [0.4, 0.5) is 5.69 Å². The molecule has 0 amide bonds. The van der Waals surface area contributed by atoms with Crippen LogP contribution in [0.1, 0.15) is 43.2 Å². The molecule has 0 unspecified atom stereocenters. The van der Waals surface area contributed by atoms with E-state index < -0.39 is 0 Å². The smallest absolute Gasteiger partial charge is 0.0399 e. The number of benzene rings is 1. The second-order valence-electron chi connectivity index (χ2n) is 5.87. The van der Waals surface area contributed by atoms with Crippen LogP contribution < -0.4 is 10.6 Å². The lowest BCUT2D eigenvalue weighted by Gasteiger charge is -2.33. The van der Waals surface area contributed by atoms with E-state index in [0.29, 0.717) is 6.54 Å². The lowest BCUT2D eigenvalue weighted by atomic mass is 9.97. The average molecular weight is 244 g/mol. The molecule has 2 N–H and O–H groups in total. The molecule has 0 atom stereocenters. The number of nitrogens with zero attached hydrogens (tertiary/aromatic N) is 1. The minimum absolute atomic E-state index is 0.663. The summed E-state index contributed by atoms with van der Waals surface area (Å²) in [5.74, 6) is 0.935. The number of nitrogens with two attached hydrogens (primary N) is 1. The standard InChI is InChI=1S/C16H24N2/c17-11-14-7-8-16-15(10-14)6-3-9-18(16)12-13-4-1-2-5-13/h7-8,10,13H,1-6,9,11-12,17H2. The topological polar surface area (TPSA) is 29.3 Å². The average Bonchev–Trinajstić information content (AvgIpc) is 2.91. The summed E-state index contributed by atoms with van der Waals surface area (Å²) >= 11 is 0. The molecule has 1 aliphatic carbocycles. The molecule has 1 aliphatic heterocycles. The molecule has 1 heterocycles. The summed E-state index contributed by atoms with van der Waals surface area (Å²) in [5.41, 5.74) is 10.0. The first kappa shape index (κ1) is 12.0. The van der Waals surface area contributed by atoms with Crippen molar-refractivity contribution >= 4 is 5.69 Å². The van der Waals surface area contributed by atoms with Gasteiger partial charge in [0.15, 0.2) is 0 Å². The van der Waals surface area contributed by atoms with Crippen molar-refractivity contribution in [1.29, 1.82) is 0 Å². The Kier molecular flexibility index (Phi) is 3.55. The van der Waals surface area contributed by atoms with E-state index in [1.807, 2.05) is 0 Å². The highest BCUT2D eigenvalue weighted by Crippen LogP contribution is 2.32. The maximum Gasteiger partial charge on any atom is 0.0399 e. The van der Waals surface area contributed by atoms with E-state index in [1.54, 1.807) is 0 Å². The van der Waals surface area contributed by atoms with Crippen LogP contribution in [0.2, 0.25) is 0 Å². The van der Waals surface area contributed by atoms with Crippen LogP contribution in [-0.4, -0.2) is 13.1 Å². The Morgan fingerprint density at radius 1 is 1.17 bits per heavy atom. The van der Waals surface area contributed by atoms with Crippen molar-refractivity contribution in [1.82, 2.24) is 0 Å². The van der Waals surface area contributed by atoms with Gasteiger partial charge in [-0.15, -0.1) is 0 Å². The molecule has 98 valence electrons. The number of hydrogen-bond acceptors (Lipinski definition) is 2. The van der Waals surface area contributed by atoms with Crippen molar-refractivity contribution in [3.8, 4) is 0 Å². The van der Waals surface area contributed by atoms with Crippen LogP contribution >= 0.6 is 0 Å². The molecule has 1 aromatic rings. The van der Waals surface area contributed by atoms with Crippen LogP contribution in [0.5, 0.6) is 0 Å².